The van der Waals surface area contributed by atoms with E-state index >= 15 is 0 Å². The van der Waals surface area contributed by atoms with Gasteiger partial charge in [-0.25, -0.2) is 5.43 Å². The zero-order valence-corrected chi connectivity index (χ0v) is 15.2. The summed E-state index contributed by atoms with van der Waals surface area (Å²) in [5.41, 5.74) is 4.99. The van der Waals surface area contributed by atoms with Gasteiger partial charge in [0.25, 0.3) is 0 Å². The molecule has 1 atom stereocenters. The maximum atomic E-state index is 5.82. The summed E-state index contributed by atoms with van der Waals surface area (Å²) in [6.07, 6.45) is 1.81. The summed E-state index contributed by atoms with van der Waals surface area (Å²) in [6.45, 7) is 1.71. The van der Waals surface area contributed by atoms with E-state index in [2.05, 4.69) is 47.3 Å². The van der Waals surface area contributed by atoms with Crippen LogP contribution in [-0.4, -0.2) is 35.3 Å². The van der Waals surface area contributed by atoms with Crippen LogP contribution in [0.4, 0.5) is 0 Å². The lowest BCUT2D eigenvalue weighted by atomic mass is 10.0. The first kappa shape index (κ1) is 16.6. The van der Waals surface area contributed by atoms with Crippen LogP contribution in [0, 0.1) is 0 Å². The van der Waals surface area contributed by atoms with Gasteiger partial charge in [0, 0.05) is 11.0 Å². The van der Waals surface area contributed by atoms with Crippen LogP contribution < -0.4 is 11.3 Å². The molecule has 0 aliphatic rings. The standard InChI is InChI=1S/C14H19Br2N5/c1-20(2)7-8-21-14(12(16)9-18-21)13(19-17)10-5-3-4-6-11(10)15/h3-6,9,13,19H,7-8,17H2,1-2H3. The highest BCUT2D eigenvalue weighted by molar-refractivity contribution is 9.10. The number of aromatic nitrogens is 2. The second-order valence-corrected chi connectivity index (χ2v) is 6.73. The van der Waals surface area contributed by atoms with E-state index < -0.39 is 0 Å². The molecule has 0 aliphatic heterocycles. The minimum absolute atomic E-state index is 0.139. The summed E-state index contributed by atoms with van der Waals surface area (Å²) in [5, 5.41) is 4.44. The van der Waals surface area contributed by atoms with Crippen LogP contribution in [0.2, 0.25) is 0 Å². The highest BCUT2D eigenvalue weighted by atomic mass is 79.9. The first-order valence-electron chi connectivity index (χ1n) is 6.61. The van der Waals surface area contributed by atoms with Crippen molar-refractivity contribution in [2.45, 2.75) is 12.6 Å². The van der Waals surface area contributed by atoms with E-state index in [4.69, 9.17) is 5.84 Å². The van der Waals surface area contributed by atoms with Crippen molar-refractivity contribution < 1.29 is 0 Å². The Kier molecular flexibility index (Phi) is 5.95. The largest absolute Gasteiger partial charge is 0.308 e. The van der Waals surface area contributed by atoms with Gasteiger partial charge in [0.1, 0.15) is 0 Å². The summed E-state index contributed by atoms with van der Waals surface area (Å²) < 4.78 is 3.94. The number of nitrogens with two attached hydrogens (primary N) is 1. The van der Waals surface area contributed by atoms with Crippen molar-refractivity contribution >= 4 is 31.9 Å². The second kappa shape index (κ2) is 7.51. The normalized spacial score (nSPS) is 12.9. The number of likely N-dealkylation sites (N-methyl/N-ethyl adjacent to an activating group) is 1. The van der Waals surface area contributed by atoms with Gasteiger partial charge in [-0.1, -0.05) is 34.1 Å². The lowest BCUT2D eigenvalue weighted by Crippen LogP contribution is -2.32. The highest BCUT2D eigenvalue weighted by Gasteiger charge is 2.22. The van der Waals surface area contributed by atoms with Gasteiger partial charge in [0.15, 0.2) is 0 Å². The van der Waals surface area contributed by atoms with E-state index in [-0.39, 0.29) is 6.04 Å². The van der Waals surface area contributed by atoms with E-state index in [1.54, 1.807) is 0 Å². The minimum atomic E-state index is -0.139. The number of hydrazine groups is 1. The zero-order chi connectivity index (χ0) is 15.4. The van der Waals surface area contributed by atoms with Crippen LogP contribution in [0.15, 0.2) is 39.4 Å². The molecule has 0 amide bonds. The van der Waals surface area contributed by atoms with Gasteiger partial charge in [-0.3, -0.25) is 10.5 Å². The van der Waals surface area contributed by atoms with Crippen molar-refractivity contribution in [2.24, 2.45) is 5.84 Å². The molecule has 5 nitrogen and oxygen atoms in total. The fourth-order valence-corrected chi connectivity index (χ4v) is 3.20. The molecule has 2 aromatic rings. The third-order valence-corrected chi connectivity index (χ3v) is 4.58. The molecule has 3 N–H and O–H groups in total. The number of halogens is 2. The predicted molar refractivity (Wildman–Crippen MR) is 91.8 cm³/mol. The second-order valence-electron chi connectivity index (χ2n) is 5.03. The Hall–Kier alpha value is -0.730. The lowest BCUT2D eigenvalue weighted by molar-refractivity contribution is 0.365. The van der Waals surface area contributed by atoms with E-state index in [1.165, 1.54) is 0 Å². The Balaban J connectivity index is 2.38. The van der Waals surface area contributed by atoms with Crippen molar-refractivity contribution in [1.29, 1.82) is 0 Å². The summed E-state index contributed by atoms with van der Waals surface area (Å²) >= 11 is 7.17. The maximum absolute atomic E-state index is 5.82. The van der Waals surface area contributed by atoms with Gasteiger partial charge < -0.3 is 4.90 Å². The van der Waals surface area contributed by atoms with Gasteiger partial charge in [-0.2, -0.15) is 5.10 Å². The van der Waals surface area contributed by atoms with Crippen molar-refractivity contribution in [3.63, 3.8) is 0 Å². The SMILES string of the molecule is CN(C)CCn1ncc(Br)c1C(NN)c1ccccc1Br. The fraction of sp³-hybridized carbons (Fsp3) is 0.357. The molecule has 0 radical (unpaired) electrons. The third-order valence-electron chi connectivity index (χ3n) is 3.25. The minimum Gasteiger partial charge on any atom is -0.308 e. The van der Waals surface area contributed by atoms with Crippen molar-refractivity contribution in [3.8, 4) is 0 Å². The quantitative estimate of drug-likeness (QED) is 0.561. The first-order valence-corrected chi connectivity index (χ1v) is 8.19. The van der Waals surface area contributed by atoms with Gasteiger partial charge in [-0.15, -0.1) is 0 Å². The van der Waals surface area contributed by atoms with E-state index in [9.17, 15) is 0 Å². The smallest absolute Gasteiger partial charge is 0.0900 e. The monoisotopic (exact) mass is 415 g/mol. The number of hydrogen-bond acceptors (Lipinski definition) is 4. The van der Waals surface area contributed by atoms with E-state index in [1.807, 2.05) is 49.2 Å². The summed E-state index contributed by atoms with van der Waals surface area (Å²) in [6, 6.07) is 7.90. The average molecular weight is 417 g/mol. The van der Waals surface area contributed by atoms with E-state index in [0.717, 1.165) is 33.3 Å². The van der Waals surface area contributed by atoms with Gasteiger partial charge in [-0.05, 0) is 41.7 Å². The molecule has 114 valence electrons. The third kappa shape index (κ3) is 3.92. The molecule has 1 aromatic carbocycles. The Morgan fingerprint density at radius 3 is 2.62 bits per heavy atom. The van der Waals surface area contributed by atoms with Crippen LogP contribution >= 0.6 is 31.9 Å². The Bertz CT molecular complexity index is 597. The van der Waals surface area contributed by atoms with Crippen molar-refractivity contribution in [2.75, 3.05) is 20.6 Å². The van der Waals surface area contributed by atoms with Crippen LogP contribution in [0.5, 0.6) is 0 Å². The summed E-state index contributed by atoms with van der Waals surface area (Å²) in [7, 11) is 4.09. The predicted octanol–water partition coefficient (Wildman–Crippen LogP) is 2.52. The molecule has 0 saturated carbocycles. The van der Waals surface area contributed by atoms with Crippen molar-refractivity contribution in [3.05, 3.63) is 50.7 Å². The molecular formula is C14H19Br2N5. The molecule has 0 spiro atoms. The highest BCUT2D eigenvalue weighted by Crippen LogP contribution is 2.32. The van der Waals surface area contributed by atoms with Crippen LogP contribution in [0.1, 0.15) is 17.3 Å². The summed E-state index contributed by atoms with van der Waals surface area (Å²) in [5.74, 6) is 5.82. The lowest BCUT2D eigenvalue weighted by Gasteiger charge is -2.21. The fourth-order valence-electron chi connectivity index (χ4n) is 2.16. The molecular weight excluding hydrogens is 398 g/mol. The number of nitrogens with zero attached hydrogens (tertiary/aromatic N) is 3. The Morgan fingerprint density at radius 1 is 1.29 bits per heavy atom. The number of rotatable bonds is 6. The van der Waals surface area contributed by atoms with Gasteiger partial charge >= 0.3 is 0 Å². The Morgan fingerprint density at radius 2 is 2.00 bits per heavy atom. The molecule has 1 aromatic heterocycles. The first-order chi connectivity index (χ1) is 10.0. The van der Waals surface area contributed by atoms with Gasteiger partial charge in [0.05, 0.1) is 29.0 Å². The molecule has 0 aliphatic carbocycles. The molecule has 1 heterocycles. The van der Waals surface area contributed by atoms with Crippen LogP contribution in [0.25, 0.3) is 0 Å². The molecule has 21 heavy (non-hydrogen) atoms. The van der Waals surface area contributed by atoms with Crippen molar-refractivity contribution in [1.82, 2.24) is 20.1 Å². The zero-order valence-electron chi connectivity index (χ0n) is 12.1. The summed E-state index contributed by atoms with van der Waals surface area (Å²) in [4.78, 5) is 2.13. The number of benzene rings is 1. The molecule has 2 rings (SSSR count). The molecule has 0 saturated heterocycles. The van der Waals surface area contributed by atoms with E-state index in [0.29, 0.717) is 0 Å². The number of nitrogens with one attached hydrogen (secondary N) is 1. The molecule has 1 unspecified atom stereocenters. The molecule has 7 heteroatoms. The van der Waals surface area contributed by atoms with Gasteiger partial charge in [0.2, 0.25) is 0 Å². The maximum Gasteiger partial charge on any atom is 0.0900 e. The molecule has 0 fully saturated rings. The molecule has 0 bridgehead atoms. The Labute approximate surface area is 141 Å². The topological polar surface area (TPSA) is 59.1 Å². The van der Waals surface area contributed by atoms with Crippen LogP contribution in [-0.2, 0) is 6.54 Å². The van der Waals surface area contributed by atoms with Crippen LogP contribution in [0.3, 0.4) is 0 Å². The number of hydrogen-bond donors (Lipinski definition) is 2. The average Bonchev–Trinajstić information content (AvgIpc) is 2.81.